The lowest BCUT2D eigenvalue weighted by Gasteiger charge is -2.17. The molecule has 4 nitrogen and oxygen atoms in total. The number of hydrogen-bond donors (Lipinski definition) is 2. The van der Waals surface area contributed by atoms with E-state index in [-0.39, 0.29) is 5.91 Å². The number of anilines is 1. The van der Waals surface area contributed by atoms with E-state index in [0.29, 0.717) is 6.54 Å². The number of nitrogens with two attached hydrogens (primary N) is 1. The Bertz CT molecular complexity index is 680. The van der Waals surface area contributed by atoms with E-state index >= 15 is 0 Å². The summed E-state index contributed by atoms with van der Waals surface area (Å²) in [6, 6.07) is 11.1. The van der Waals surface area contributed by atoms with Crippen molar-refractivity contribution in [3.63, 3.8) is 0 Å². The molecule has 0 unspecified atom stereocenters. The Morgan fingerprint density at radius 2 is 2.05 bits per heavy atom. The minimum absolute atomic E-state index is 0.0125. The van der Waals surface area contributed by atoms with E-state index in [2.05, 4.69) is 5.32 Å². The van der Waals surface area contributed by atoms with Crippen molar-refractivity contribution >= 4 is 11.6 Å². The lowest BCUT2D eigenvalue weighted by atomic mass is 10.0. The smallest absolute Gasteiger partial charge is 0.251 e. The van der Waals surface area contributed by atoms with E-state index < -0.39 is 0 Å². The molecule has 0 atom stereocenters. The number of fused-ring (bicyclic) bond motifs is 1. The molecule has 1 aliphatic rings. The van der Waals surface area contributed by atoms with E-state index in [1.807, 2.05) is 43.3 Å². The summed E-state index contributed by atoms with van der Waals surface area (Å²) >= 11 is 0. The molecule has 0 radical (unpaired) electrons. The summed E-state index contributed by atoms with van der Waals surface area (Å²) in [5, 5.41) is 2.83. The van der Waals surface area contributed by atoms with Gasteiger partial charge in [-0.2, -0.15) is 0 Å². The molecule has 3 rings (SSSR count). The van der Waals surface area contributed by atoms with E-state index in [1.165, 1.54) is 0 Å². The van der Waals surface area contributed by atoms with Gasteiger partial charge in [0.15, 0.2) is 0 Å². The molecular weight excluding hydrogens is 252 g/mol. The molecule has 2 aromatic rings. The van der Waals surface area contributed by atoms with Crippen LogP contribution in [-0.2, 0) is 6.42 Å². The molecule has 20 heavy (non-hydrogen) atoms. The molecule has 0 spiro atoms. The summed E-state index contributed by atoms with van der Waals surface area (Å²) < 4.78 is 5.88. The van der Waals surface area contributed by atoms with Gasteiger partial charge < -0.3 is 15.8 Å². The van der Waals surface area contributed by atoms with Crippen molar-refractivity contribution in [3.8, 4) is 11.5 Å². The minimum atomic E-state index is -0.0125. The highest BCUT2D eigenvalue weighted by Gasteiger charge is 2.17. The third-order valence-corrected chi connectivity index (χ3v) is 3.43. The Morgan fingerprint density at radius 3 is 2.85 bits per heavy atom. The zero-order valence-electron chi connectivity index (χ0n) is 11.3. The Morgan fingerprint density at radius 1 is 1.20 bits per heavy atom. The number of carbonyl (C=O) groups excluding carboxylic acids is 1. The average molecular weight is 268 g/mol. The third-order valence-electron chi connectivity index (χ3n) is 3.43. The van der Waals surface area contributed by atoms with Crippen molar-refractivity contribution in [1.29, 1.82) is 0 Å². The van der Waals surface area contributed by atoms with Crippen LogP contribution in [0.15, 0.2) is 36.4 Å². The third kappa shape index (κ3) is 2.32. The van der Waals surface area contributed by atoms with Gasteiger partial charge in [-0.05, 0) is 60.9 Å². The second-order valence-electron chi connectivity index (χ2n) is 4.95. The molecule has 0 bridgehead atoms. The summed E-state index contributed by atoms with van der Waals surface area (Å²) in [4.78, 5) is 11.7. The average Bonchev–Trinajstić information content (AvgIpc) is 2.42. The quantitative estimate of drug-likeness (QED) is 0.823. The van der Waals surface area contributed by atoms with Gasteiger partial charge in [0, 0.05) is 17.8 Å². The first kappa shape index (κ1) is 12.5. The summed E-state index contributed by atoms with van der Waals surface area (Å²) in [7, 11) is 0. The summed E-state index contributed by atoms with van der Waals surface area (Å²) in [6.45, 7) is 2.63. The number of benzene rings is 2. The van der Waals surface area contributed by atoms with Crippen LogP contribution in [0.1, 0.15) is 21.5 Å². The number of carbonyl (C=O) groups is 1. The summed E-state index contributed by atoms with van der Waals surface area (Å²) in [5.41, 5.74) is 9.19. The van der Waals surface area contributed by atoms with Crippen molar-refractivity contribution in [3.05, 3.63) is 53.1 Å². The number of amides is 1. The number of nitrogens with one attached hydrogen (secondary N) is 1. The fraction of sp³-hybridized carbons (Fsp3) is 0.188. The maximum atomic E-state index is 11.7. The van der Waals surface area contributed by atoms with Crippen LogP contribution in [0.4, 0.5) is 5.69 Å². The van der Waals surface area contributed by atoms with E-state index in [1.54, 1.807) is 0 Å². The molecule has 1 aliphatic heterocycles. The maximum Gasteiger partial charge on any atom is 0.251 e. The minimum Gasteiger partial charge on any atom is -0.457 e. The first-order chi connectivity index (χ1) is 9.63. The Balaban J connectivity index is 1.90. The lowest BCUT2D eigenvalue weighted by molar-refractivity contribution is 0.0946. The number of hydrogen-bond acceptors (Lipinski definition) is 3. The highest BCUT2D eigenvalue weighted by atomic mass is 16.5. The lowest BCUT2D eigenvalue weighted by Crippen LogP contribution is -2.31. The molecule has 4 heteroatoms. The van der Waals surface area contributed by atoms with Gasteiger partial charge >= 0.3 is 0 Å². The highest BCUT2D eigenvalue weighted by molar-refractivity contribution is 5.96. The second-order valence-corrected chi connectivity index (χ2v) is 4.95. The van der Waals surface area contributed by atoms with Crippen LogP contribution in [0.5, 0.6) is 11.5 Å². The normalized spacial score (nSPS) is 13.6. The number of rotatable bonds is 2. The van der Waals surface area contributed by atoms with Crippen LogP contribution in [0, 0.1) is 6.92 Å². The van der Waals surface area contributed by atoms with E-state index in [0.717, 1.165) is 40.3 Å². The topological polar surface area (TPSA) is 64.3 Å². The van der Waals surface area contributed by atoms with Crippen LogP contribution in [0.2, 0.25) is 0 Å². The van der Waals surface area contributed by atoms with Gasteiger partial charge in [-0.1, -0.05) is 0 Å². The van der Waals surface area contributed by atoms with Gasteiger partial charge in [0.25, 0.3) is 5.91 Å². The van der Waals surface area contributed by atoms with Crippen LogP contribution >= 0.6 is 0 Å². The van der Waals surface area contributed by atoms with E-state index in [9.17, 15) is 4.79 Å². The molecule has 0 saturated heterocycles. The molecule has 1 heterocycles. The largest absolute Gasteiger partial charge is 0.457 e. The molecular formula is C16H16N2O2. The van der Waals surface area contributed by atoms with Crippen molar-refractivity contribution < 1.29 is 9.53 Å². The zero-order chi connectivity index (χ0) is 14.1. The SMILES string of the molecule is Cc1cc(N)ccc1Oc1ccc2c(c1)CCNC2=O. The Kier molecular flexibility index (Phi) is 3.06. The fourth-order valence-corrected chi connectivity index (χ4v) is 2.38. The van der Waals surface area contributed by atoms with Gasteiger partial charge in [-0.3, -0.25) is 4.79 Å². The maximum absolute atomic E-state index is 11.7. The van der Waals surface area contributed by atoms with Crippen molar-refractivity contribution in [2.45, 2.75) is 13.3 Å². The first-order valence-corrected chi connectivity index (χ1v) is 6.58. The van der Waals surface area contributed by atoms with E-state index in [4.69, 9.17) is 10.5 Å². The second kappa shape index (κ2) is 4.89. The predicted molar refractivity (Wildman–Crippen MR) is 78.1 cm³/mol. The first-order valence-electron chi connectivity index (χ1n) is 6.58. The van der Waals surface area contributed by atoms with Crippen LogP contribution in [-0.4, -0.2) is 12.5 Å². The summed E-state index contributed by atoms with van der Waals surface area (Å²) in [5.74, 6) is 1.51. The molecule has 3 N–H and O–H groups in total. The van der Waals surface area contributed by atoms with Gasteiger partial charge in [-0.25, -0.2) is 0 Å². The Labute approximate surface area is 117 Å². The van der Waals surface area contributed by atoms with Crippen molar-refractivity contribution in [1.82, 2.24) is 5.32 Å². The summed E-state index contributed by atoms with van der Waals surface area (Å²) in [6.07, 6.45) is 0.832. The van der Waals surface area contributed by atoms with Crippen molar-refractivity contribution in [2.24, 2.45) is 0 Å². The highest BCUT2D eigenvalue weighted by Crippen LogP contribution is 2.28. The standard InChI is InChI=1S/C16H16N2O2/c1-10-8-12(17)2-5-15(10)20-13-3-4-14-11(9-13)6-7-18-16(14)19/h2-5,8-9H,6-7,17H2,1H3,(H,18,19). The van der Waals surface area contributed by atoms with Gasteiger partial charge in [0.05, 0.1) is 0 Å². The predicted octanol–water partition coefficient (Wildman–Crippen LogP) is 2.66. The molecule has 0 saturated carbocycles. The molecule has 0 aromatic heterocycles. The number of nitrogen functional groups attached to an aromatic ring is 1. The van der Waals surface area contributed by atoms with Gasteiger partial charge in [-0.15, -0.1) is 0 Å². The Hall–Kier alpha value is -2.49. The molecule has 102 valence electrons. The number of ether oxygens (including phenoxy) is 1. The van der Waals surface area contributed by atoms with Crippen LogP contribution in [0.3, 0.4) is 0 Å². The van der Waals surface area contributed by atoms with Gasteiger partial charge in [0.1, 0.15) is 11.5 Å². The monoisotopic (exact) mass is 268 g/mol. The van der Waals surface area contributed by atoms with Crippen molar-refractivity contribution in [2.75, 3.05) is 12.3 Å². The fourth-order valence-electron chi connectivity index (χ4n) is 2.38. The zero-order valence-corrected chi connectivity index (χ0v) is 11.3. The molecule has 1 amide bonds. The number of aryl methyl sites for hydroxylation is 1. The molecule has 0 fully saturated rings. The van der Waals surface area contributed by atoms with Crippen LogP contribution in [0.25, 0.3) is 0 Å². The molecule has 0 aliphatic carbocycles. The van der Waals surface area contributed by atoms with Gasteiger partial charge in [0.2, 0.25) is 0 Å². The van der Waals surface area contributed by atoms with Crippen LogP contribution < -0.4 is 15.8 Å². The molecule has 2 aromatic carbocycles.